The standard InChI is InChI=1S/C14H27NO/c1-4-13(5-2)15(3)11-14(16)12-9-7-6-8-10-12/h12-13H,4-11H2,1-3H3. The van der Waals surface area contributed by atoms with Crippen molar-refractivity contribution in [3.63, 3.8) is 0 Å². The molecule has 0 atom stereocenters. The summed E-state index contributed by atoms with van der Waals surface area (Å²) in [7, 11) is 2.10. The Morgan fingerprint density at radius 3 is 2.25 bits per heavy atom. The topological polar surface area (TPSA) is 20.3 Å². The molecule has 0 aliphatic heterocycles. The normalized spacial score (nSPS) is 18.3. The first kappa shape index (κ1) is 13.7. The SMILES string of the molecule is CCC(CC)N(C)CC(=O)C1CCCCC1. The first-order chi connectivity index (χ1) is 7.69. The Morgan fingerprint density at radius 2 is 1.75 bits per heavy atom. The van der Waals surface area contributed by atoms with Crippen molar-refractivity contribution < 1.29 is 4.79 Å². The summed E-state index contributed by atoms with van der Waals surface area (Å²) < 4.78 is 0. The molecule has 2 heteroatoms. The van der Waals surface area contributed by atoms with Gasteiger partial charge in [0, 0.05) is 12.0 Å². The fourth-order valence-corrected chi connectivity index (χ4v) is 2.84. The zero-order valence-corrected chi connectivity index (χ0v) is 11.2. The van der Waals surface area contributed by atoms with E-state index < -0.39 is 0 Å². The van der Waals surface area contributed by atoms with Crippen molar-refractivity contribution in [2.45, 2.75) is 64.8 Å². The average molecular weight is 225 g/mol. The molecular formula is C14H27NO. The van der Waals surface area contributed by atoms with Crippen molar-refractivity contribution >= 4 is 5.78 Å². The minimum atomic E-state index is 0.366. The maximum absolute atomic E-state index is 12.1. The van der Waals surface area contributed by atoms with Crippen molar-refractivity contribution in [2.75, 3.05) is 13.6 Å². The molecule has 0 aromatic rings. The lowest BCUT2D eigenvalue weighted by Crippen LogP contribution is -2.37. The van der Waals surface area contributed by atoms with Crippen LogP contribution in [0.2, 0.25) is 0 Å². The van der Waals surface area contributed by atoms with Gasteiger partial charge in [0.15, 0.2) is 0 Å². The second kappa shape index (κ2) is 7.05. The van der Waals surface area contributed by atoms with E-state index in [1.54, 1.807) is 0 Å². The molecular weight excluding hydrogens is 198 g/mol. The number of carbonyl (C=O) groups excluding carboxylic acids is 1. The molecule has 0 spiro atoms. The van der Waals surface area contributed by atoms with Gasteiger partial charge in [-0.25, -0.2) is 0 Å². The third kappa shape index (κ3) is 3.89. The molecule has 0 amide bonds. The summed E-state index contributed by atoms with van der Waals surface area (Å²) in [5.74, 6) is 0.847. The molecule has 1 saturated carbocycles. The van der Waals surface area contributed by atoms with Gasteiger partial charge in [0.25, 0.3) is 0 Å². The van der Waals surface area contributed by atoms with Gasteiger partial charge in [0.1, 0.15) is 5.78 Å². The highest BCUT2D eigenvalue weighted by atomic mass is 16.1. The molecule has 0 aromatic heterocycles. The lowest BCUT2D eigenvalue weighted by Gasteiger charge is -2.28. The highest BCUT2D eigenvalue weighted by Crippen LogP contribution is 2.24. The summed E-state index contributed by atoms with van der Waals surface area (Å²) >= 11 is 0. The van der Waals surface area contributed by atoms with Crippen LogP contribution in [-0.2, 0) is 4.79 Å². The number of likely N-dealkylation sites (N-methyl/N-ethyl adjacent to an activating group) is 1. The summed E-state index contributed by atoms with van der Waals surface area (Å²) in [5, 5.41) is 0. The Bertz CT molecular complexity index is 205. The van der Waals surface area contributed by atoms with Crippen LogP contribution in [0.5, 0.6) is 0 Å². The summed E-state index contributed by atoms with van der Waals surface area (Å²) in [6.07, 6.45) is 8.39. The van der Waals surface area contributed by atoms with Crippen molar-refractivity contribution in [3.8, 4) is 0 Å². The molecule has 94 valence electrons. The average Bonchev–Trinajstić information content (AvgIpc) is 2.31. The minimum absolute atomic E-state index is 0.366. The van der Waals surface area contributed by atoms with Gasteiger partial charge in [-0.15, -0.1) is 0 Å². The van der Waals surface area contributed by atoms with E-state index in [-0.39, 0.29) is 0 Å². The Hall–Kier alpha value is -0.370. The lowest BCUT2D eigenvalue weighted by atomic mass is 9.86. The minimum Gasteiger partial charge on any atom is -0.298 e. The number of hydrogen-bond acceptors (Lipinski definition) is 2. The van der Waals surface area contributed by atoms with Crippen LogP contribution in [0.4, 0.5) is 0 Å². The van der Waals surface area contributed by atoms with Gasteiger partial charge in [0.05, 0.1) is 6.54 Å². The molecule has 0 bridgehead atoms. The molecule has 0 unspecified atom stereocenters. The van der Waals surface area contributed by atoms with Crippen LogP contribution < -0.4 is 0 Å². The Labute approximate surface area is 100 Å². The number of Topliss-reactive ketones (excluding diaryl/α,β-unsaturated/α-hetero) is 1. The Kier molecular flexibility index (Phi) is 6.04. The van der Waals surface area contributed by atoms with E-state index in [0.29, 0.717) is 24.3 Å². The zero-order valence-electron chi connectivity index (χ0n) is 11.2. The molecule has 16 heavy (non-hydrogen) atoms. The monoisotopic (exact) mass is 225 g/mol. The van der Waals surface area contributed by atoms with Crippen LogP contribution in [0.3, 0.4) is 0 Å². The van der Waals surface area contributed by atoms with E-state index in [2.05, 4.69) is 25.8 Å². The molecule has 0 radical (unpaired) electrons. The van der Waals surface area contributed by atoms with Crippen LogP contribution in [0.25, 0.3) is 0 Å². The summed E-state index contributed by atoms with van der Waals surface area (Å²) in [6.45, 7) is 5.07. The second-order valence-electron chi connectivity index (χ2n) is 5.19. The van der Waals surface area contributed by atoms with Gasteiger partial charge < -0.3 is 0 Å². The largest absolute Gasteiger partial charge is 0.298 e. The van der Waals surface area contributed by atoms with Crippen molar-refractivity contribution in [1.82, 2.24) is 4.90 Å². The first-order valence-electron chi connectivity index (χ1n) is 6.92. The van der Waals surface area contributed by atoms with Gasteiger partial charge in [-0.3, -0.25) is 9.69 Å². The summed E-state index contributed by atoms with van der Waals surface area (Å²) in [5.41, 5.74) is 0. The van der Waals surface area contributed by atoms with Crippen LogP contribution in [0, 0.1) is 5.92 Å². The fourth-order valence-electron chi connectivity index (χ4n) is 2.84. The predicted molar refractivity (Wildman–Crippen MR) is 68.6 cm³/mol. The Balaban J connectivity index is 2.37. The first-order valence-corrected chi connectivity index (χ1v) is 6.92. The molecule has 1 aliphatic carbocycles. The number of hydrogen-bond donors (Lipinski definition) is 0. The van der Waals surface area contributed by atoms with E-state index in [4.69, 9.17) is 0 Å². The molecule has 1 fully saturated rings. The smallest absolute Gasteiger partial charge is 0.149 e. The summed E-state index contributed by atoms with van der Waals surface area (Å²) in [6, 6.07) is 0.576. The van der Waals surface area contributed by atoms with Crippen LogP contribution in [-0.4, -0.2) is 30.3 Å². The second-order valence-corrected chi connectivity index (χ2v) is 5.19. The molecule has 2 nitrogen and oxygen atoms in total. The maximum atomic E-state index is 12.1. The van der Waals surface area contributed by atoms with E-state index in [1.165, 1.54) is 19.3 Å². The Morgan fingerprint density at radius 1 is 1.19 bits per heavy atom. The molecule has 0 heterocycles. The third-order valence-electron chi connectivity index (χ3n) is 4.03. The predicted octanol–water partition coefficient (Wildman–Crippen LogP) is 3.26. The van der Waals surface area contributed by atoms with E-state index in [9.17, 15) is 4.79 Å². The highest BCUT2D eigenvalue weighted by molar-refractivity contribution is 5.83. The molecule has 1 aliphatic rings. The van der Waals surface area contributed by atoms with Gasteiger partial charge in [0.2, 0.25) is 0 Å². The lowest BCUT2D eigenvalue weighted by molar-refractivity contribution is -0.125. The summed E-state index contributed by atoms with van der Waals surface area (Å²) in [4.78, 5) is 14.4. The van der Waals surface area contributed by atoms with Crippen LogP contribution in [0.1, 0.15) is 58.8 Å². The number of rotatable bonds is 6. The van der Waals surface area contributed by atoms with E-state index >= 15 is 0 Å². The molecule has 0 N–H and O–H groups in total. The van der Waals surface area contributed by atoms with Crippen molar-refractivity contribution in [2.24, 2.45) is 5.92 Å². The number of ketones is 1. The van der Waals surface area contributed by atoms with Gasteiger partial charge in [-0.1, -0.05) is 33.1 Å². The molecule has 0 aromatic carbocycles. The van der Waals surface area contributed by atoms with Gasteiger partial charge in [-0.2, -0.15) is 0 Å². The zero-order chi connectivity index (χ0) is 12.0. The number of nitrogens with zero attached hydrogens (tertiary/aromatic N) is 1. The van der Waals surface area contributed by atoms with Gasteiger partial charge in [-0.05, 0) is 32.7 Å². The third-order valence-corrected chi connectivity index (χ3v) is 4.03. The fraction of sp³-hybridized carbons (Fsp3) is 0.929. The van der Waals surface area contributed by atoms with Crippen LogP contribution in [0.15, 0.2) is 0 Å². The van der Waals surface area contributed by atoms with E-state index in [0.717, 1.165) is 25.7 Å². The van der Waals surface area contributed by atoms with Gasteiger partial charge >= 0.3 is 0 Å². The quantitative estimate of drug-likeness (QED) is 0.691. The molecule has 1 rings (SSSR count). The maximum Gasteiger partial charge on any atom is 0.149 e. The van der Waals surface area contributed by atoms with Crippen molar-refractivity contribution in [1.29, 1.82) is 0 Å². The van der Waals surface area contributed by atoms with Crippen molar-refractivity contribution in [3.05, 3.63) is 0 Å². The number of carbonyl (C=O) groups is 1. The molecule has 0 saturated heterocycles. The van der Waals surface area contributed by atoms with Crippen LogP contribution >= 0.6 is 0 Å². The van der Waals surface area contributed by atoms with E-state index in [1.807, 2.05) is 0 Å². The highest BCUT2D eigenvalue weighted by Gasteiger charge is 2.23.